The predicted molar refractivity (Wildman–Crippen MR) is 91.0 cm³/mol. The maximum atomic E-state index is 14.3. The van der Waals surface area contributed by atoms with E-state index in [1.807, 2.05) is 0 Å². The van der Waals surface area contributed by atoms with Gasteiger partial charge in [0.25, 0.3) is 0 Å². The molecule has 7 heteroatoms. The lowest BCUT2D eigenvalue weighted by atomic mass is 9.82. The molecule has 0 saturated carbocycles. The molecular formula is C18H22FN3O3. The quantitative estimate of drug-likeness (QED) is 0.821. The maximum Gasteiger partial charge on any atom is 0.321 e. The standard InChI is InChI=1S/C18H22FN3O3/c19-13-9-14-12(2-3-16(23)20-14)8-15(13)21-17(24)22-6-5-18(10-22)4-1-7-25-11-18/h8-9H,1-7,10-11H2,(H,20,23)(H,21,24). The summed E-state index contributed by atoms with van der Waals surface area (Å²) in [5, 5.41) is 5.35. The minimum absolute atomic E-state index is 0.0638. The monoisotopic (exact) mass is 347 g/mol. The van der Waals surface area contributed by atoms with Crippen molar-refractivity contribution in [1.82, 2.24) is 4.90 Å². The van der Waals surface area contributed by atoms with Gasteiger partial charge >= 0.3 is 6.03 Å². The Morgan fingerprint density at radius 3 is 3.00 bits per heavy atom. The van der Waals surface area contributed by atoms with Gasteiger partial charge in [0, 0.05) is 37.2 Å². The van der Waals surface area contributed by atoms with Crippen LogP contribution in [-0.2, 0) is 16.0 Å². The molecule has 3 aliphatic heterocycles. The highest BCUT2D eigenvalue weighted by atomic mass is 19.1. The number of rotatable bonds is 1. The Bertz CT molecular complexity index is 716. The molecule has 0 aromatic heterocycles. The van der Waals surface area contributed by atoms with Gasteiger partial charge in [0.15, 0.2) is 0 Å². The first-order valence-corrected chi connectivity index (χ1v) is 8.81. The fourth-order valence-corrected chi connectivity index (χ4v) is 4.03. The summed E-state index contributed by atoms with van der Waals surface area (Å²) in [7, 11) is 0. The molecule has 1 unspecified atom stereocenters. The van der Waals surface area contributed by atoms with Crippen LogP contribution in [0.3, 0.4) is 0 Å². The van der Waals surface area contributed by atoms with Crippen LogP contribution in [0.1, 0.15) is 31.2 Å². The minimum Gasteiger partial charge on any atom is -0.381 e. The number of urea groups is 1. The van der Waals surface area contributed by atoms with Crippen LogP contribution in [0.4, 0.5) is 20.6 Å². The molecule has 134 valence electrons. The number of carbonyl (C=O) groups excluding carboxylic acids is 2. The van der Waals surface area contributed by atoms with Crippen LogP contribution in [0.2, 0.25) is 0 Å². The summed E-state index contributed by atoms with van der Waals surface area (Å²) >= 11 is 0. The van der Waals surface area contributed by atoms with Crippen molar-refractivity contribution in [1.29, 1.82) is 0 Å². The highest BCUT2D eigenvalue weighted by Gasteiger charge is 2.41. The highest BCUT2D eigenvalue weighted by molar-refractivity contribution is 5.95. The summed E-state index contributed by atoms with van der Waals surface area (Å²) in [5.41, 5.74) is 1.57. The van der Waals surface area contributed by atoms with E-state index in [1.165, 1.54) is 6.07 Å². The summed E-state index contributed by atoms with van der Waals surface area (Å²) in [6.45, 7) is 2.81. The van der Waals surface area contributed by atoms with Crippen molar-refractivity contribution >= 4 is 23.3 Å². The van der Waals surface area contributed by atoms with E-state index >= 15 is 0 Å². The van der Waals surface area contributed by atoms with Crippen molar-refractivity contribution in [3.63, 3.8) is 0 Å². The zero-order valence-electron chi connectivity index (χ0n) is 14.1. The van der Waals surface area contributed by atoms with Crippen molar-refractivity contribution in [3.8, 4) is 0 Å². The predicted octanol–water partition coefficient (Wildman–Crippen LogP) is 2.74. The first-order chi connectivity index (χ1) is 12.0. The number of ether oxygens (including phenoxy) is 1. The number of nitrogens with one attached hydrogen (secondary N) is 2. The average Bonchev–Trinajstić information content (AvgIpc) is 3.00. The third kappa shape index (κ3) is 3.20. The second-order valence-corrected chi connectivity index (χ2v) is 7.30. The van der Waals surface area contributed by atoms with Gasteiger partial charge in [-0.15, -0.1) is 0 Å². The molecule has 1 spiro atoms. The number of benzene rings is 1. The number of nitrogens with zero attached hydrogens (tertiary/aromatic N) is 1. The number of amides is 3. The summed E-state index contributed by atoms with van der Waals surface area (Å²) in [6, 6.07) is 2.63. The van der Waals surface area contributed by atoms with E-state index in [0.717, 1.165) is 31.4 Å². The number of anilines is 2. The van der Waals surface area contributed by atoms with Gasteiger partial charge < -0.3 is 20.3 Å². The Morgan fingerprint density at radius 2 is 2.20 bits per heavy atom. The van der Waals surface area contributed by atoms with E-state index in [2.05, 4.69) is 10.6 Å². The first kappa shape index (κ1) is 16.3. The van der Waals surface area contributed by atoms with Gasteiger partial charge in [-0.3, -0.25) is 4.79 Å². The van der Waals surface area contributed by atoms with Gasteiger partial charge in [-0.1, -0.05) is 0 Å². The lowest BCUT2D eigenvalue weighted by Crippen LogP contribution is -2.38. The largest absolute Gasteiger partial charge is 0.381 e. The van der Waals surface area contributed by atoms with E-state index in [-0.39, 0.29) is 23.0 Å². The number of carbonyl (C=O) groups is 2. The van der Waals surface area contributed by atoms with Crippen LogP contribution >= 0.6 is 0 Å². The Morgan fingerprint density at radius 1 is 1.32 bits per heavy atom. The summed E-state index contributed by atoms with van der Waals surface area (Å²) in [4.78, 5) is 25.7. The molecule has 2 fully saturated rings. The number of hydrogen-bond donors (Lipinski definition) is 2. The van der Waals surface area contributed by atoms with Gasteiger partial charge in [-0.05, 0) is 43.4 Å². The second kappa shape index (κ2) is 6.29. The second-order valence-electron chi connectivity index (χ2n) is 7.30. The molecule has 4 rings (SSSR count). The van der Waals surface area contributed by atoms with Crippen LogP contribution in [-0.4, -0.2) is 43.1 Å². The maximum absolute atomic E-state index is 14.3. The lowest BCUT2D eigenvalue weighted by molar-refractivity contribution is -0.116. The van der Waals surface area contributed by atoms with E-state index in [4.69, 9.17) is 4.74 Å². The number of aryl methyl sites for hydroxylation is 1. The molecule has 3 amide bonds. The number of hydrogen-bond acceptors (Lipinski definition) is 3. The minimum atomic E-state index is -0.538. The van der Waals surface area contributed by atoms with Crippen LogP contribution in [0.15, 0.2) is 12.1 Å². The fraction of sp³-hybridized carbons (Fsp3) is 0.556. The summed E-state index contributed by atoms with van der Waals surface area (Å²) < 4.78 is 19.9. The summed E-state index contributed by atoms with van der Waals surface area (Å²) in [6.07, 6.45) is 3.96. The summed E-state index contributed by atoms with van der Waals surface area (Å²) in [5.74, 6) is -0.648. The average molecular weight is 347 g/mol. The lowest BCUT2D eigenvalue weighted by Gasteiger charge is -2.33. The molecule has 1 aromatic rings. The first-order valence-electron chi connectivity index (χ1n) is 8.81. The van der Waals surface area contributed by atoms with Gasteiger partial charge in [-0.2, -0.15) is 0 Å². The molecule has 6 nitrogen and oxygen atoms in total. The third-order valence-electron chi connectivity index (χ3n) is 5.46. The van der Waals surface area contributed by atoms with Crippen molar-refractivity contribution in [2.75, 3.05) is 36.9 Å². The molecule has 0 bridgehead atoms. The van der Waals surface area contributed by atoms with Gasteiger partial charge in [0.05, 0.1) is 12.3 Å². The van der Waals surface area contributed by atoms with Gasteiger partial charge in [0.2, 0.25) is 5.91 Å². The Balaban J connectivity index is 1.45. The number of fused-ring (bicyclic) bond motifs is 1. The molecule has 3 heterocycles. The van der Waals surface area contributed by atoms with Crippen LogP contribution in [0, 0.1) is 11.2 Å². The Labute approximate surface area is 145 Å². The molecular weight excluding hydrogens is 325 g/mol. The van der Waals surface area contributed by atoms with Crippen molar-refractivity contribution in [3.05, 3.63) is 23.5 Å². The van der Waals surface area contributed by atoms with Crippen LogP contribution in [0.5, 0.6) is 0 Å². The molecule has 0 aliphatic carbocycles. The van der Waals surface area contributed by atoms with Gasteiger partial charge in [0.1, 0.15) is 5.82 Å². The molecule has 3 aliphatic rings. The third-order valence-corrected chi connectivity index (χ3v) is 5.46. The van der Waals surface area contributed by atoms with E-state index < -0.39 is 5.82 Å². The zero-order chi connectivity index (χ0) is 17.4. The van der Waals surface area contributed by atoms with Crippen molar-refractivity contribution < 1.29 is 18.7 Å². The van der Waals surface area contributed by atoms with E-state index in [9.17, 15) is 14.0 Å². The zero-order valence-corrected chi connectivity index (χ0v) is 14.1. The molecule has 1 atom stereocenters. The molecule has 1 aromatic carbocycles. The normalized spacial score (nSPS) is 25.6. The molecule has 2 saturated heterocycles. The molecule has 0 radical (unpaired) electrons. The van der Waals surface area contributed by atoms with Crippen LogP contribution < -0.4 is 10.6 Å². The van der Waals surface area contributed by atoms with Crippen molar-refractivity contribution in [2.45, 2.75) is 32.1 Å². The molecule has 25 heavy (non-hydrogen) atoms. The Hall–Kier alpha value is -2.15. The van der Waals surface area contributed by atoms with Crippen LogP contribution in [0.25, 0.3) is 0 Å². The Kier molecular flexibility index (Phi) is 4.11. The van der Waals surface area contributed by atoms with Gasteiger partial charge in [-0.25, -0.2) is 9.18 Å². The van der Waals surface area contributed by atoms with E-state index in [0.29, 0.717) is 38.2 Å². The fourth-order valence-electron chi connectivity index (χ4n) is 4.03. The molecule has 2 N–H and O–H groups in total. The number of halogens is 1. The smallest absolute Gasteiger partial charge is 0.321 e. The van der Waals surface area contributed by atoms with E-state index in [1.54, 1.807) is 11.0 Å². The topological polar surface area (TPSA) is 70.7 Å². The van der Waals surface area contributed by atoms with Crippen molar-refractivity contribution in [2.24, 2.45) is 5.41 Å². The SMILES string of the molecule is O=C1CCc2cc(NC(=O)N3CCC4(CCCOC4)C3)c(F)cc2N1. The highest BCUT2D eigenvalue weighted by Crippen LogP contribution is 2.38. The number of likely N-dealkylation sites (tertiary alicyclic amines) is 1.